The van der Waals surface area contributed by atoms with Crippen LogP contribution in [0.4, 0.5) is 5.00 Å². The Morgan fingerprint density at radius 3 is 2.61 bits per heavy atom. The number of aryl methyl sites for hydroxylation is 1. The van der Waals surface area contributed by atoms with Gasteiger partial charge in [-0.2, -0.15) is 0 Å². The van der Waals surface area contributed by atoms with E-state index in [0.29, 0.717) is 11.6 Å². The number of hydrogen-bond acceptors (Lipinski definition) is 6. The fourth-order valence-corrected chi connectivity index (χ4v) is 5.36. The van der Waals surface area contributed by atoms with E-state index in [0.717, 1.165) is 46.9 Å². The molecule has 0 spiro atoms. The molecule has 2 aromatic heterocycles. The quantitative estimate of drug-likeness (QED) is 0.420. The number of piperidine rings is 1. The molecule has 0 bridgehead atoms. The number of benzene rings is 1. The van der Waals surface area contributed by atoms with E-state index in [9.17, 15) is 9.59 Å². The van der Waals surface area contributed by atoms with E-state index in [1.807, 2.05) is 38.1 Å². The molecule has 0 unspecified atom stereocenters. The first-order valence-corrected chi connectivity index (χ1v) is 12.3. The number of nitrogens with zero attached hydrogens (tertiary/aromatic N) is 1. The Balaban J connectivity index is 1.63. The zero-order valence-electron chi connectivity index (χ0n) is 18.7. The Hall–Kier alpha value is -2.61. The highest BCUT2D eigenvalue weighted by atomic mass is 35.5. The van der Waals surface area contributed by atoms with Crippen LogP contribution < -0.4 is 5.32 Å². The Bertz CT molecular complexity index is 1090. The summed E-state index contributed by atoms with van der Waals surface area (Å²) in [4.78, 5) is 28.4. The van der Waals surface area contributed by atoms with E-state index in [1.165, 1.54) is 6.26 Å². The highest BCUT2D eigenvalue weighted by molar-refractivity contribution is 7.16. The van der Waals surface area contributed by atoms with Crippen molar-refractivity contribution in [2.45, 2.75) is 32.7 Å². The number of thiophene rings is 1. The molecule has 1 aromatic carbocycles. The minimum Gasteiger partial charge on any atom is -0.466 e. The summed E-state index contributed by atoms with van der Waals surface area (Å²) in [6.45, 7) is 5.76. The summed E-state index contributed by atoms with van der Waals surface area (Å²) in [5.74, 6) is -0.198. The Labute approximate surface area is 202 Å². The van der Waals surface area contributed by atoms with Crippen molar-refractivity contribution in [2.75, 3.05) is 25.0 Å². The van der Waals surface area contributed by atoms with Crippen LogP contribution in [0.15, 0.2) is 53.1 Å². The first-order chi connectivity index (χ1) is 16.0. The number of carbonyl (C=O) groups is 2. The van der Waals surface area contributed by atoms with Crippen LogP contribution in [0, 0.1) is 12.8 Å². The van der Waals surface area contributed by atoms with Crippen molar-refractivity contribution >= 4 is 39.8 Å². The lowest BCUT2D eigenvalue weighted by Gasteiger charge is -2.37. The molecule has 3 heterocycles. The van der Waals surface area contributed by atoms with Crippen LogP contribution in [0.25, 0.3) is 0 Å². The van der Waals surface area contributed by atoms with Gasteiger partial charge in [0.2, 0.25) is 0 Å². The van der Waals surface area contributed by atoms with Gasteiger partial charge in [-0.1, -0.05) is 23.7 Å². The minimum atomic E-state index is -0.279. The summed E-state index contributed by atoms with van der Waals surface area (Å²) < 4.78 is 10.5. The van der Waals surface area contributed by atoms with Gasteiger partial charge in [-0.3, -0.25) is 14.5 Å². The second-order valence-corrected chi connectivity index (χ2v) is 9.78. The number of carbonyl (C=O) groups excluding carboxylic acids is 2. The number of furan rings is 1. The monoisotopic (exact) mass is 486 g/mol. The maximum atomic E-state index is 12.7. The predicted molar refractivity (Wildman–Crippen MR) is 130 cm³/mol. The number of nitrogens with one attached hydrogen (secondary N) is 1. The van der Waals surface area contributed by atoms with Crippen LogP contribution >= 0.6 is 22.9 Å². The van der Waals surface area contributed by atoms with Crippen LogP contribution in [0.3, 0.4) is 0 Å². The molecule has 0 radical (unpaired) electrons. The van der Waals surface area contributed by atoms with Gasteiger partial charge in [0.1, 0.15) is 5.00 Å². The summed E-state index contributed by atoms with van der Waals surface area (Å²) in [7, 11) is 0. The zero-order valence-corrected chi connectivity index (χ0v) is 20.2. The molecule has 4 rings (SSSR count). The molecule has 8 heteroatoms. The van der Waals surface area contributed by atoms with Gasteiger partial charge >= 0.3 is 5.97 Å². The van der Waals surface area contributed by atoms with Crippen molar-refractivity contribution in [3.05, 3.63) is 75.5 Å². The van der Waals surface area contributed by atoms with E-state index < -0.39 is 0 Å². The molecule has 1 fully saturated rings. The van der Waals surface area contributed by atoms with Crippen LogP contribution in [0.2, 0.25) is 5.02 Å². The SMILES string of the molecule is CCOC(=O)C1CCN([C@@H](c2ccc(Cl)cc2)c2cc(C)sc2NC(=O)c2ccco2)CC1. The lowest BCUT2D eigenvalue weighted by atomic mass is 9.92. The van der Waals surface area contributed by atoms with Crippen LogP contribution in [0.5, 0.6) is 0 Å². The van der Waals surface area contributed by atoms with Gasteiger partial charge in [0.15, 0.2) is 5.76 Å². The Kier molecular flexibility index (Phi) is 7.53. The number of anilines is 1. The second kappa shape index (κ2) is 10.5. The van der Waals surface area contributed by atoms with Crippen molar-refractivity contribution < 1.29 is 18.7 Å². The average Bonchev–Trinajstić information content (AvgIpc) is 3.46. The van der Waals surface area contributed by atoms with Crippen molar-refractivity contribution in [1.29, 1.82) is 0 Å². The molecular formula is C25H27ClN2O4S. The maximum Gasteiger partial charge on any atom is 0.309 e. The number of halogens is 1. The lowest BCUT2D eigenvalue weighted by Crippen LogP contribution is -2.39. The molecule has 1 saturated heterocycles. The average molecular weight is 487 g/mol. The zero-order chi connectivity index (χ0) is 23.4. The third-order valence-electron chi connectivity index (χ3n) is 5.85. The molecule has 1 aliphatic heterocycles. The molecule has 174 valence electrons. The first kappa shape index (κ1) is 23.5. The molecule has 1 amide bonds. The Morgan fingerprint density at radius 2 is 1.97 bits per heavy atom. The summed E-state index contributed by atoms with van der Waals surface area (Å²) >= 11 is 7.70. The van der Waals surface area contributed by atoms with Crippen LogP contribution in [-0.4, -0.2) is 36.5 Å². The van der Waals surface area contributed by atoms with Gasteiger partial charge in [0.05, 0.1) is 24.8 Å². The summed E-state index contributed by atoms with van der Waals surface area (Å²) in [6.07, 6.45) is 2.96. The highest BCUT2D eigenvalue weighted by Crippen LogP contribution is 2.41. The normalized spacial score (nSPS) is 15.8. The van der Waals surface area contributed by atoms with Gasteiger partial charge in [-0.05, 0) is 75.7 Å². The topological polar surface area (TPSA) is 71.8 Å². The fourth-order valence-electron chi connectivity index (χ4n) is 4.29. The molecule has 1 atom stereocenters. The molecule has 0 aliphatic carbocycles. The van der Waals surface area contributed by atoms with E-state index in [1.54, 1.807) is 23.5 Å². The molecule has 6 nitrogen and oxygen atoms in total. The number of likely N-dealkylation sites (tertiary alicyclic amines) is 1. The predicted octanol–water partition coefficient (Wildman–Crippen LogP) is 5.92. The molecule has 3 aromatic rings. The van der Waals surface area contributed by atoms with E-state index in [-0.39, 0.29) is 29.6 Å². The van der Waals surface area contributed by atoms with Crippen LogP contribution in [0.1, 0.15) is 52.4 Å². The van der Waals surface area contributed by atoms with E-state index in [4.69, 9.17) is 20.8 Å². The third kappa shape index (κ3) is 5.49. The largest absolute Gasteiger partial charge is 0.466 e. The summed E-state index contributed by atoms with van der Waals surface area (Å²) in [5, 5.41) is 4.50. The van der Waals surface area contributed by atoms with Crippen LogP contribution in [-0.2, 0) is 9.53 Å². The molecule has 33 heavy (non-hydrogen) atoms. The lowest BCUT2D eigenvalue weighted by molar-refractivity contribution is -0.149. The number of amides is 1. The summed E-state index contributed by atoms with van der Waals surface area (Å²) in [6, 6.07) is 13.2. The van der Waals surface area contributed by atoms with Crippen molar-refractivity contribution in [3.8, 4) is 0 Å². The third-order valence-corrected chi connectivity index (χ3v) is 7.08. The van der Waals surface area contributed by atoms with Gasteiger partial charge in [0, 0.05) is 15.5 Å². The number of esters is 1. The summed E-state index contributed by atoms with van der Waals surface area (Å²) in [5.41, 5.74) is 2.11. The standard InChI is InChI=1S/C25H27ClN2O4S/c1-3-31-25(30)18-10-12-28(13-11-18)22(17-6-8-19(26)9-7-17)20-15-16(2)33-24(20)27-23(29)21-5-4-14-32-21/h4-9,14-15,18,22H,3,10-13H2,1-2H3,(H,27,29)/t22-/m0/s1. The van der Waals surface area contributed by atoms with Crippen molar-refractivity contribution in [1.82, 2.24) is 4.90 Å². The molecule has 1 N–H and O–H groups in total. The van der Waals surface area contributed by atoms with Crippen molar-refractivity contribution in [2.24, 2.45) is 5.92 Å². The van der Waals surface area contributed by atoms with E-state index >= 15 is 0 Å². The smallest absolute Gasteiger partial charge is 0.309 e. The highest BCUT2D eigenvalue weighted by Gasteiger charge is 2.33. The number of ether oxygens (including phenoxy) is 1. The van der Waals surface area contributed by atoms with Gasteiger partial charge in [-0.15, -0.1) is 11.3 Å². The first-order valence-electron chi connectivity index (χ1n) is 11.1. The van der Waals surface area contributed by atoms with Gasteiger partial charge in [0.25, 0.3) is 5.91 Å². The minimum absolute atomic E-state index is 0.0746. The number of hydrogen-bond donors (Lipinski definition) is 1. The van der Waals surface area contributed by atoms with E-state index in [2.05, 4.69) is 16.3 Å². The fraction of sp³-hybridized carbons (Fsp3) is 0.360. The maximum absolute atomic E-state index is 12.7. The van der Waals surface area contributed by atoms with Gasteiger partial charge < -0.3 is 14.5 Å². The molecular weight excluding hydrogens is 460 g/mol. The molecule has 0 saturated carbocycles. The van der Waals surface area contributed by atoms with Crippen molar-refractivity contribution in [3.63, 3.8) is 0 Å². The number of rotatable bonds is 7. The van der Waals surface area contributed by atoms with Gasteiger partial charge in [-0.25, -0.2) is 0 Å². The second-order valence-electron chi connectivity index (χ2n) is 8.09. The Morgan fingerprint density at radius 1 is 1.24 bits per heavy atom. The molecule has 1 aliphatic rings.